The van der Waals surface area contributed by atoms with Crippen molar-refractivity contribution in [3.63, 3.8) is 0 Å². The van der Waals surface area contributed by atoms with E-state index in [9.17, 15) is 8.42 Å². The molecule has 0 saturated carbocycles. The molecule has 1 aromatic rings. The largest absolute Gasteiger partial charge is 0.294 e. The van der Waals surface area contributed by atoms with Crippen molar-refractivity contribution < 1.29 is 13.0 Å². The Morgan fingerprint density at radius 3 is 2.00 bits per heavy atom. The van der Waals surface area contributed by atoms with Crippen molar-refractivity contribution in [2.24, 2.45) is 0 Å². The van der Waals surface area contributed by atoms with E-state index in [1.807, 2.05) is 6.92 Å². The molecule has 2 radical (unpaired) electrons. The number of hydrogen-bond acceptors (Lipinski definition) is 3. The van der Waals surface area contributed by atoms with Gasteiger partial charge in [-0.05, 0) is 19.1 Å². The minimum absolute atomic E-state index is 0.0666. The van der Waals surface area contributed by atoms with Crippen LogP contribution in [0.15, 0.2) is 29.2 Å². The molecule has 1 aromatic carbocycles. The van der Waals surface area contributed by atoms with Gasteiger partial charge in [-0.15, -0.1) is 0 Å². The Morgan fingerprint density at radius 2 is 1.72 bits per heavy atom. The second kappa shape index (κ2) is 8.90. The molecular formula is C12H21NO3SSn. The van der Waals surface area contributed by atoms with E-state index < -0.39 is 10.1 Å². The van der Waals surface area contributed by atoms with Gasteiger partial charge in [0.1, 0.15) is 0 Å². The van der Waals surface area contributed by atoms with Gasteiger partial charge in [0.05, 0.1) is 4.90 Å². The van der Waals surface area contributed by atoms with Crippen LogP contribution in [0.4, 0.5) is 0 Å². The molecule has 0 spiro atoms. The molecule has 0 atom stereocenters. The molecule has 0 fully saturated rings. The van der Waals surface area contributed by atoms with Gasteiger partial charge in [-0.1, -0.05) is 17.7 Å². The van der Waals surface area contributed by atoms with Crippen molar-refractivity contribution in [3.05, 3.63) is 29.8 Å². The standard InChI is InChI=1S/C7H8O3S.C5H12N.Sn.H/c1-6-2-4-7(5-3-6)11(8,9)10;1-4-5-6(2)3;;/h2-5H,1H3,(H,8,9,10);1,4-5H2,2-3H3;;. The monoisotopic (exact) mass is 379 g/mol. The molecule has 6 heteroatoms. The molecule has 0 bridgehead atoms. The molecule has 102 valence electrons. The van der Waals surface area contributed by atoms with Gasteiger partial charge in [-0.3, -0.25) is 4.55 Å². The third-order valence-electron chi connectivity index (χ3n) is 2.13. The summed E-state index contributed by atoms with van der Waals surface area (Å²) in [4.78, 5) is 2.17. The molecule has 0 aliphatic carbocycles. The van der Waals surface area contributed by atoms with Crippen LogP contribution >= 0.6 is 0 Å². The zero-order chi connectivity index (χ0) is 14.2. The summed E-state index contributed by atoms with van der Waals surface area (Å²) in [7, 11) is 0.223. The number of benzene rings is 1. The van der Waals surface area contributed by atoms with Crippen molar-refractivity contribution in [2.75, 3.05) is 20.6 Å². The SMILES string of the molecule is CN(C)CC[CH2][SnH].Cc1ccc(S(=O)(=O)O)cc1. The normalized spacial score (nSPS) is 11.0. The number of hydrogen-bond donors (Lipinski definition) is 1. The van der Waals surface area contributed by atoms with E-state index in [1.165, 1.54) is 52.1 Å². The van der Waals surface area contributed by atoms with E-state index in [0.29, 0.717) is 0 Å². The summed E-state index contributed by atoms with van der Waals surface area (Å²) in [5, 5.41) is 0. The van der Waals surface area contributed by atoms with E-state index in [-0.39, 0.29) is 4.90 Å². The molecule has 0 saturated heterocycles. The van der Waals surface area contributed by atoms with Crippen molar-refractivity contribution >= 4 is 32.6 Å². The molecule has 0 amide bonds. The summed E-state index contributed by atoms with van der Waals surface area (Å²) in [6, 6.07) is 5.99. The molecular weight excluding hydrogens is 357 g/mol. The van der Waals surface area contributed by atoms with E-state index in [1.54, 1.807) is 12.1 Å². The Balaban J connectivity index is 0.000000360. The van der Waals surface area contributed by atoms with Crippen molar-refractivity contribution in [3.8, 4) is 0 Å². The molecule has 1 rings (SSSR count). The maximum Gasteiger partial charge on any atom is 0.294 e. The summed E-state index contributed by atoms with van der Waals surface area (Å²) < 4.78 is 31.0. The maximum atomic E-state index is 10.5. The summed E-state index contributed by atoms with van der Waals surface area (Å²) in [5.41, 5.74) is 0.956. The molecule has 0 aliphatic heterocycles. The second-order valence-corrected chi connectivity index (χ2v) is 7.30. The third kappa shape index (κ3) is 8.90. The average Bonchev–Trinajstić information content (AvgIpc) is 2.26. The molecule has 0 aliphatic rings. The van der Waals surface area contributed by atoms with Gasteiger partial charge in [-0.25, -0.2) is 0 Å². The van der Waals surface area contributed by atoms with Crippen molar-refractivity contribution in [1.82, 2.24) is 4.90 Å². The van der Waals surface area contributed by atoms with Crippen LogP contribution in [0.25, 0.3) is 0 Å². The van der Waals surface area contributed by atoms with Gasteiger partial charge in [0, 0.05) is 0 Å². The first-order chi connectivity index (χ1) is 8.27. The summed E-state index contributed by atoms with van der Waals surface area (Å²) in [6.07, 6.45) is 1.38. The quantitative estimate of drug-likeness (QED) is 0.638. The average molecular weight is 378 g/mol. The van der Waals surface area contributed by atoms with E-state index in [0.717, 1.165) is 5.56 Å². The molecule has 18 heavy (non-hydrogen) atoms. The van der Waals surface area contributed by atoms with Gasteiger partial charge in [0.2, 0.25) is 0 Å². The van der Waals surface area contributed by atoms with Gasteiger partial charge in [0.25, 0.3) is 10.1 Å². The number of aryl methyl sites for hydroxylation is 1. The molecule has 0 heterocycles. The fourth-order valence-corrected chi connectivity index (χ4v) is 2.12. The van der Waals surface area contributed by atoms with Gasteiger partial charge >= 0.3 is 58.9 Å². The van der Waals surface area contributed by atoms with E-state index in [2.05, 4.69) is 19.0 Å². The fraction of sp³-hybridized carbons (Fsp3) is 0.500. The van der Waals surface area contributed by atoms with Crippen LogP contribution in [0.3, 0.4) is 0 Å². The first-order valence-electron chi connectivity index (χ1n) is 5.66. The van der Waals surface area contributed by atoms with Gasteiger partial charge in [-0.2, -0.15) is 8.42 Å². The van der Waals surface area contributed by atoms with Crippen LogP contribution in [0.2, 0.25) is 4.44 Å². The number of rotatable bonds is 4. The molecule has 1 N–H and O–H groups in total. The van der Waals surface area contributed by atoms with Crippen LogP contribution in [0, 0.1) is 6.92 Å². The zero-order valence-electron chi connectivity index (χ0n) is 11.1. The first kappa shape index (κ1) is 17.9. The minimum atomic E-state index is -4.02. The first-order valence-corrected chi connectivity index (χ1v) is 9.43. The van der Waals surface area contributed by atoms with E-state index >= 15 is 0 Å². The smallest absolute Gasteiger partial charge is 0.282 e. The van der Waals surface area contributed by atoms with Gasteiger partial charge in [0.15, 0.2) is 0 Å². The summed E-state index contributed by atoms with van der Waals surface area (Å²) in [6.45, 7) is 3.11. The predicted octanol–water partition coefficient (Wildman–Crippen LogP) is 1.50. The Kier molecular flexibility index (Phi) is 8.84. The Morgan fingerprint density at radius 1 is 1.22 bits per heavy atom. The Labute approximate surface area is 123 Å². The van der Waals surface area contributed by atoms with Crippen molar-refractivity contribution in [2.45, 2.75) is 22.7 Å². The van der Waals surface area contributed by atoms with Crippen LogP contribution in [-0.2, 0) is 10.1 Å². The fourth-order valence-electron chi connectivity index (χ4n) is 1.12. The maximum absolute atomic E-state index is 10.5. The Bertz CT molecular complexity index is 429. The van der Waals surface area contributed by atoms with Crippen LogP contribution < -0.4 is 0 Å². The third-order valence-corrected chi connectivity index (χ3v) is 4.16. The number of nitrogens with zero attached hydrogens (tertiary/aromatic N) is 1. The van der Waals surface area contributed by atoms with Crippen LogP contribution in [-0.4, -0.2) is 61.0 Å². The second-order valence-electron chi connectivity index (χ2n) is 4.23. The van der Waals surface area contributed by atoms with Crippen molar-refractivity contribution in [1.29, 1.82) is 0 Å². The zero-order valence-corrected chi connectivity index (χ0v) is 15.2. The summed E-state index contributed by atoms with van der Waals surface area (Å²) >= 11 is 1.42. The van der Waals surface area contributed by atoms with Gasteiger partial charge < -0.3 is 0 Å². The predicted molar refractivity (Wildman–Crippen MR) is 76.1 cm³/mol. The molecule has 0 unspecified atom stereocenters. The molecule has 0 aromatic heterocycles. The Hall–Kier alpha value is -0.111. The summed E-state index contributed by atoms with van der Waals surface area (Å²) in [5.74, 6) is 0. The van der Waals surface area contributed by atoms with Crippen LogP contribution in [0.1, 0.15) is 12.0 Å². The van der Waals surface area contributed by atoms with Crippen LogP contribution in [0.5, 0.6) is 0 Å². The topological polar surface area (TPSA) is 57.6 Å². The molecule has 4 nitrogen and oxygen atoms in total. The van der Waals surface area contributed by atoms with E-state index in [4.69, 9.17) is 4.55 Å². The minimum Gasteiger partial charge on any atom is -0.282 e.